The van der Waals surface area contributed by atoms with Gasteiger partial charge in [-0.2, -0.15) is 5.10 Å². The molecule has 1 aliphatic rings. The quantitative estimate of drug-likeness (QED) is 0.867. The molecule has 0 saturated heterocycles. The number of rotatable bonds is 1. The molecule has 0 spiro atoms. The van der Waals surface area contributed by atoms with E-state index in [0.717, 1.165) is 11.8 Å². The minimum Gasteiger partial charge on any atom is -0.444 e. The van der Waals surface area contributed by atoms with Crippen LogP contribution in [0.25, 0.3) is 11.4 Å². The smallest absolute Gasteiger partial charge is 0.410 e. The number of aromatic nitrogens is 4. The Labute approximate surface area is 139 Å². The topological polar surface area (TPSA) is 84.0 Å². The number of hydrogen-bond acceptors (Lipinski definition) is 5. The fraction of sp³-hybridized carbons (Fsp3) is 0.500. The van der Waals surface area contributed by atoms with Gasteiger partial charge in [0.2, 0.25) is 0 Å². The Bertz CT molecular complexity index is 781. The van der Waals surface area contributed by atoms with Crippen molar-refractivity contribution in [3.8, 4) is 11.4 Å². The Kier molecular flexibility index (Phi) is 3.98. The summed E-state index contributed by atoms with van der Waals surface area (Å²) in [6.45, 7) is 8.01. The van der Waals surface area contributed by atoms with E-state index in [1.807, 2.05) is 20.8 Å². The van der Waals surface area contributed by atoms with Crippen LogP contribution in [0.15, 0.2) is 6.20 Å². The highest BCUT2D eigenvalue weighted by Gasteiger charge is 2.29. The number of carbonyl (C=O) groups is 1. The van der Waals surface area contributed by atoms with Gasteiger partial charge >= 0.3 is 6.09 Å². The highest BCUT2D eigenvalue weighted by Crippen LogP contribution is 2.28. The molecule has 0 atom stereocenters. The number of H-pyrrole nitrogens is 1. The third kappa shape index (κ3) is 3.22. The van der Waals surface area contributed by atoms with Crippen LogP contribution < -0.4 is 0 Å². The van der Waals surface area contributed by atoms with Crippen molar-refractivity contribution in [3.05, 3.63) is 29.1 Å². The predicted octanol–water partition coefficient (Wildman–Crippen LogP) is 2.61. The van der Waals surface area contributed by atoms with Crippen LogP contribution in [-0.2, 0) is 17.7 Å². The fourth-order valence-corrected chi connectivity index (χ4v) is 2.68. The van der Waals surface area contributed by atoms with Crippen LogP contribution in [-0.4, -0.2) is 43.3 Å². The van der Waals surface area contributed by atoms with Crippen molar-refractivity contribution in [1.29, 1.82) is 0 Å². The monoisotopic (exact) mass is 333 g/mol. The fourth-order valence-electron chi connectivity index (χ4n) is 2.68. The second kappa shape index (κ2) is 5.85. The van der Waals surface area contributed by atoms with Crippen LogP contribution >= 0.6 is 0 Å². The number of ether oxygens (including phenoxy) is 1. The molecular formula is C16H20FN5O2. The lowest BCUT2D eigenvalue weighted by Gasteiger charge is -2.31. The molecule has 0 aliphatic carbocycles. The van der Waals surface area contributed by atoms with Gasteiger partial charge in [0.1, 0.15) is 17.1 Å². The zero-order valence-electron chi connectivity index (χ0n) is 14.2. The van der Waals surface area contributed by atoms with E-state index in [1.54, 1.807) is 11.8 Å². The number of aryl methyl sites for hydroxylation is 1. The molecule has 1 N–H and O–H groups in total. The van der Waals surface area contributed by atoms with Gasteiger partial charge in [-0.1, -0.05) is 0 Å². The van der Waals surface area contributed by atoms with Crippen molar-refractivity contribution in [3.63, 3.8) is 0 Å². The third-order valence-electron chi connectivity index (χ3n) is 3.66. The normalized spacial score (nSPS) is 14.5. The summed E-state index contributed by atoms with van der Waals surface area (Å²) < 4.78 is 19.3. The van der Waals surface area contributed by atoms with Gasteiger partial charge < -0.3 is 9.64 Å². The Morgan fingerprint density at radius 3 is 2.75 bits per heavy atom. The van der Waals surface area contributed by atoms with Gasteiger partial charge in [0.25, 0.3) is 0 Å². The summed E-state index contributed by atoms with van der Waals surface area (Å²) >= 11 is 0. The van der Waals surface area contributed by atoms with Crippen LogP contribution in [0.4, 0.5) is 9.18 Å². The summed E-state index contributed by atoms with van der Waals surface area (Å²) in [6, 6.07) is 0. The van der Waals surface area contributed by atoms with E-state index >= 15 is 0 Å². The predicted molar refractivity (Wildman–Crippen MR) is 84.7 cm³/mol. The number of amides is 1. The third-order valence-corrected chi connectivity index (χ3v) is 3.66. The lowest BCUT2D eigenvalue weighted by Crippen LogP contribution is -2.40. The van der Waals surface area contributed by atoms with Gasteiger partial charge in [0, 0.05) is 12.1 Å². The number of halogens is 1. The van der Waals surface area contributed by atoms with Crippen molar-refractivity contribution >= 4 is 6.09 Å². The highest BCUT2D eigenvalue weighted by molar-refractivity contribution is 5.69. The van der Waals surface area contributed by atoms with Gasteiger partial charge in [-0.3, -0.25) is 5.10 Å². The number of hydrogen-bond donors (Lipinski definition) is 1. The molecule has 7 nitrogen and oxygen atoms in total. The van der Waals surface area contributed by atoms with E-state index in [4.69, 9.17) is 4.74 Å². The first-order valence-electron chi connectivity index (χ1n) is 7.78. The van der Waals surface area contributed by atoms with Crippen LogP contribution in [0.5, 0.6) is 0 Å². The van der Waals surface area contributed by atoms with Gasteiger partial charge in [0.05, 0.1) is 24.1 Å². The molecule has 1 amide bonds. The Hall–Kier alpha value is -2.51. The molecule has 0 saturated carbocycles. The molecule has 0 aromatic carbocycles. The number of aromatic amines is 1. The zero-order chi connectivity index (χ0) is 17.5. The maximum atomic E-state index is 13.9. The summed E-state index contributed by atoms with van der Waals surface area (Å²) in [7, 11) is 0. The van der Waals surface area contributed by atoms with Crippen molar-refractivity contribution in [2.45, 2.75) is 46.3 Å². The summed E-state index contributed by atoms with van der Waals surface area (Å²) in [6.07, 6.45) is 1.27. The van der Waals surface area contributed by atoms with Crippen molar-refractivity contribution < 1.29 is 13.9 Å². The highest BCUT2D eigenvalue weighted by atomic mass is 19.1. The van der Waals surface area contributed by atoms with Gasteiger partial charge in [-0.15, -0.1) is 0 Å². The van der Waals surface area contributed by atoms with Gasteiger partial charge in [-0.05, 0) is 34.1 Å². The zero-order valence-corrected chi connectivity index (χ0v) is 14.2. The Morgan fingerprint density at radius 1 is 1.38 bits per heavy atom. The SMILES string of the molecule is Cc1nc2c(c(-c3[nH]ncc3F)n1)CCN(C(=O)OC(C)(C)C)C2. The number of nitrogens with zero attached hydrogens (tertiary/aromatic N) is 4. The first-order valence-corrected chi connectivity index (χ1v) is 7.78. The molecular weight excluding hydrogens is 313 g/mol. The molecule has 8 heteroatoms. The van der Waals surface area contributed by atoms with E-state index in [0.29, 0.717) is 36.7 Å². The molecule has 3 rings (SSSR count). The lowest BCUT2D eigenvalue weighted by atomic mass is 10.0. The average Bonchev–Trinajstić information content (AvgIpc) is 2.90. The minimum absolute atomic E-state index is 0.252. The molecule has 0 bridgehead atoms. The van der Waals surface area contributed by atoms with Crippen molar-refractivity contribution in [2.75, 3.05) is 6.54 Å². The lowest BCUT2D eigenvalue weighted by molar-refractivity contribution is 0.0220. The molecule has 128 valence electrons. The average molecular weight is 333 g/mol. The van der Waals surface area contributed by atoms with E-state index in [-0.39, 0.29) is 11.8 Å². The minimum atomic E-state index is -0.552. The first kappa shape index (κ1) is 16.4. The number of fused-ring (bicyclic) bond motifs is 1. The van der Waals surface area contributed by atoms with Crippen LogP contribution in [0, 0.1) is 12.7 Å². The maximum absolute atomic E-state index is 13.9. The summed E-state index contributed by atoms with van der Waals surface area (Å²) in [5.74, 6) is 0.0636. The molecule has 0 radical (unpaired) electrons. The van der Waals surface area contributed by atoms with Crippen LogP contribution in [0.2, 0.25) is 0 Å². The molecule has 24 heavy (non-hydrogen) atoms. The van der Waals surface area contributed by atoms with E-state index in [9.17, 15) is 9.18 Å². The summed E-state index contributed by atoms with van der Waals surface area (Å²) in [4.78, 5) is 22.7. The second-order valence-electron chi connectivity index (χ2n) is 6.79. The van der Waals surface area contributed by atoms with E-state index in [2.05, 4.69) is 20.2 Å². The molecule has 0 fully saturated rings. The Morgan fingerprint density at radius 2 is 2.12 bits per heavy atom. The largest absolute Gasteiger partial charge is 0.444 e. The maximum Gasteiger partial charge on any atom is 0.410 e. The molecule has 2 aromatic rings. The van der Waals surface area contributed by atoms with Gasteiger partial charge in [-0.25, -0.2) is 19.2 Å². The molecule has 2 aromatic heterocycles. The van der Waals surface area contributed by atoms with Crippen LogP contribution in [0.1, 0.15) is 37.9 Å². The molecule has 0 unspecified atom stereocenters. The van der Waals surface area contributed by atoms with Crippen molar-refractivity contribution in [1.82, 2.24) is 25.1 Å². The van der Waals surface area contributed by atoms with Gasteiger partial charge in [0.15, 0.2) is 5.82 Å². The van der Waals surface area contributed by atoms with E-state index < -0.39 is 11.4 Å². The standard InChI is InChI=1S/C16H20FN5O2/c1-9-19-12-8-22(15(23)24-16(2,3)4)6-5-10(12)13(20-9)14-11(17)7-18-21-14/h7H,5-6,8H2,1-4H3,(H,18,21). The Balaban J connectivity index is 1.92. The van der Waals surface area contributed by atoms with Crippen molar-refractivity contribution in [2.24, 2.45) is 0 Å². The molecule has 1 aliphatic heterocycles. The summed E-state index contributed by atoms with van der Waals surface area (Å²) in [5.41, 5.74) is 1.76. The molecule has 3 heterocycles. The number of nitrogens with one attached hydrogen (secondary N) is 1. The first-order chi connectivity index (χ1) is 11.2. The number of carbonyl (C=O) groups excluding carboxylic acids is 1. The van der Waals surface area contributed by atoms with Crippen LogP contribution in [0.3, 0.4) is 0 Å². The second-order valence-corrected chi connectivity index (χ2v) is 6.79. The summed E-state index contributed by atoms with van der Waals surface area (Å²) in [5, 5.41) is 6.36. The van der Waals surface area contributed by atoms with E-state index in [1.165, 1.54) is 0 Å².